The molecule has 1 N–H and O–H groups in total. The minimum Gasteiger partial charge on any atom is -0.493 e. The molecule has 4 aromatic rings. The molecule has 190 valence electrons. The minimum atomic E-state index is -3.80. The van der Waals surface area contributed by atoms with Gasteiger partial charge in [0.15, 0.2) is 11.5 Å². The first-order valence-corrected chi connectivity index (χ1v) is 14.1. The molecule has 1 aliphatic rings. The zero-order chi connectivity index (χ0) is 26.0. The summed E-state index contributed by atoms with van der Waals surface area (Å²) in [6, 6.07) is 27.5. The summed E-state index contributed by atoms with van der Waals surface area (Å²) in [5.41, 5.74) is 3.09. The summed E-state index contributed by atoms with van der Waals surface area (Å²) in [7, 11) is -2.24. The maximum absolute atomic E-state index is 13.8. The van der Waals surface area contributed by atoms with Crippen LogP contribution in [-0.2, 0) is 23.2 Å². The van der Waals surface area contributed by atoms with Gasteiger partial charge in [-0.3, -0.25) is 0 Å². The van der Waals surface area contributed by atoms with E-state index in [0.717, 1.165) is 11.1 Å². The van der Waals surface area contributed by atoms with Crippen molar-refractivity contribution in [2.24, 2.45) is 0 Å². The number of nitrogens with one attached hydrogen (secondary N) is 1. The number of rotatable bonds is 7. The maximum atomic E-state index is 13.8. The first-order chi connectivity index (χ1) is 17.9. The second-order valence-electron chi connectivity index (χ2n) is 8.53. The van der Waals surface area contributed by atoms with Gasteiger partial charge in [0.1, 0.15) is 17.7 Å². The van der Waals surface area contributed by atoms with Gasteiger partial charge in [-0.05, 0) is 69.0 Å². The van der Waals surface area contributed by atoms with E-state index in [0.29, 0.717) is 38.9 Å². The zero-order valence-corrected chi connectivity index (χ0v) is 23.1. The molecule has 0 saturated heterocycles. The number of nitrogens with zero attached hydrogens (tertiary/aromatic N) is 1. The van der Waals surface area contributed by atoms with E-state index in [1.54, 1.807) is 31.4 Å². The Kier molecular flexibility index (Phi) is 7.44. The predicted molar refractivity (Wildman–Crippen MR) is 148 cm³/mol. The van der Waals surface area contributed by atoms with Crippen molar-refractivity contribution in [3.8, 4) is 11.5 Å². The van der Waals surface area contributed by atoms with Crippen LogP contribution in [0.15, 0.2) is 100 Å². The molecule has 0 radical (unpaired) electrons. The van der Waals surface area contributed by atoms with Crippen molar-refractivity contribution in [1.82, 2.24) is 4.31 Å². The lowest BCUT2D eigenvalue weighted by Crippen LogP contribution is -2.42. The normalized spacial score (nSPS) is 16.5. The lowest BCUT2D eigenvalue weighted by atomic mass is 10.1. The smallest absolute Gasteiger partial charge is 0.247 e. The van der Waals surface area contributed by atoms with Gasteiger partial charge in [0.25, 0.3) is 0 Å². The van der Waals surface area contributed by atoms with Crippen LogP contribution >= 0.6 is 27.5 Å². The first kappa shape index (κ1) is 25.6. The van der Waals surface area contributed by atoms with Crippen molar-refractivity contribution in [2.75, 3.05) is 12.4 Å². The Morgan fingerprint density at radius 1 is 0.946 bits per heavy atom. The molecule has 0 aliphatic carbocycles. The van der Waals surface area contributed by atoms with Gasteiger partial charge >= 0.3 is 0 Å². The molecular formula is C28H24BrClN2O4S. The Bertz CT molecular complexity index is 1520. The number of halogens is 2. The van der Waals surface area contributed by atoms with E-state index in [4.69, 9.17) is 21.1 Å². The van der Waals surface area contributed by atoms with Crippen molar-refractivity contribution >= 4 is 43.2 Å². The molecule has 0 aromatic heterocycles. The third kappa shape index (κ3) is 5.33. The Hall–Kier alpha value is -3.04. The van der Waals surface area contributed by atoms with Crippen LogP contribution in [0.5, 0.6) is 11.5 Å². The minimum absolute atomic E-state index is 0.198. The van der Waals surface area contributed by atoms with E-state index in [1.165, 1.54) is 4.31 Å². The van der Waals surface area contributed by atoms with E-state index in [1.807, 2.05) is 66.7 Å². The number of fused-ring (bicyclic) bond motifs is 1. The molecule has 5 rings (SSSR count). The Morgan fingerprint density at radius 2 is 1.65 bits per heavy atom. The number of hydrogen-bond acceptors (Lipinski definition) is 5. The summed E-state index contributed by atoms with van der Waals surface area (Å²) in [4.78, 5) is 0.246. The van der Waals surface area contributed by atoms with Crippen LogP contribution in [0.2, 0.25) is 5.02 Å². The van der Waals surface area contributed by atoms with E-state index in [-0.39, 0.29) is 11.4 Å². The third-order valence-corrected chi connectivity index (χ3v) is 8.81. The van der Waals surface area contributed by atoms with Crippen molar-refractivity contribution in [1.29, 1.82) is 0 Å². The van der Waals surface area contributed by atoms with Gasteiger partial charge in [0, 0.05) is 11.6 Å². The highest BCUT2D eigenvalue weighted by Crippen LogP contribution is 2.44. The number of benzene rings is 4. The van der Waals surface area contributed by atoms with Gasteiger partial charge in [0.05, 0.1) is 17.3 Å². The molecule has 0 unspecified atom stereocenters. The monoisotopic (exact) mass is 598 g/mol. The molecular weight excluding hydrogens is 576 g/mol. The van der Waals surface area contributed by atoms with Gasteiger partial charge in [-0.15, -0.1) is 0 Å². The molecule has 9 heteroatoms. The van der Waals surface area contributed by atoms with Crippen LogP contribution in [0.3, 0.4) is 0 Å². The summed E-state index contributed by atoms with van der Waals surface area (Å²) in [5.74, 6) is 1.01. The van der Waals surface area contributed by atoms with Gasteiger partial charge < -0.3 is 14.8 Å². The SMILES string of the molecule is COc1cc([C@H]2Nc3ccccc3S(=O)(=O)N2Cc2ccccc2)cc(Br)c1OCc1ccc(Cl)cc1. The van der Waals surface area contributed by atoms with Crippen LogP contribution in [0, 0.1) is 0 Å². The van der Waals surface area contributed by atoms with Crippen LogP contribution in [0.25, 0.3) is 0 Å². The molecule has 0 amide bonds. The highest BCUT2D eigenvalue weighted by molar-refractivity contribution is 9.10. The van der Waals surface area contributed by atoms with Crippen LogP contribution in [-0.4, -0.2) is 19.8 Å². The molecule has 37 heavy (non-hydrogen) atoms. The standard InChI is InChI=1S/C28H24BrClN2O4S/c1-35-25-16-21(15-23(29)27(25)36-18-20-11-13-22(30)14-12-20)28-31-24-9-5-6-10-26(24)37(33,34)32(28)17-19-7-3-2-4-8-19/h2-16,28,31H,17-18H2,1H3/t28-/m0/s1. The number of hydrogen-bond donors (Lipinski definition) is 1. The summed E-state index contributed by atoms with van der Waals surface area (Å²) in [6.45, 7) is 0.513. The number of sulfonamides is 1. The highest BCUT2D eigenvalue weighted by atomic mass is 79.9. The van der Waals surface area contributed by atoms with Crippen LogP contribution < -0.4 is 14.8 Å². The van der Waals surface area contributed by atoms with Crippen molar-refractivity contribution in [3.63, 3.8) is 0 Å². The number of para-hydroxylation sites is 1. The van der Waals surface area contributed by atoms with Crippen LogP contribution in [0.1, 0.15) is 22.9 Å². The Morgan fingerprint density at radius 3 is 2.38 bits per heavy atom. The molecule has 1 heterocycles. The lowest BCUT2D eigenvalue weighted by Gasteiger charge is -2.37. The largest absolute Gasteiger partial charge is 0.493 e. The molecule has 0 saturated carbocycles. The second kappa shape index (κ2) is 10.8. The van der Waals surface area contributed by atoms with Gasteiger partial charge in [-0.25, -0.2) is 8.42 Å². The molecule has 6 nitrogen and oxygen atoms in total. The lowest BCUT2D eigenvalue weighted by molar-refractivity contribution is 0.281. The van der Waals surface area contributed by atoms with Gasteiger partial charge in [-0.1, -0.05) is 66.2 Å². The molecule has 0 fully saturated rings. The topological polar surface area (TPSA) is 67.9 Å². The highest BCUT2D eigenvalue weighted by Gasteiger charge is 2.39. The third-order valence-electron chi connectivity index (χ3n) is 6.10. The number of anilines is 1. The Balaban J connectivity index is 1.53. The van der Waals surface area contributed by atoms with E-state index in [9.17, 15) is 8.42 Å². The quantitative estimate of drug-likeness (QED) is 0.248. The maximum Gasteiger partial charge on any atom is 0.247 e. The number of ether oxygens (including phenoxy) is 2. The summed E-state index contributed by atoms with van der Waals surface area (Å²) >= 11 is 9.60. The van der Waals surface area contributed by atoms with E-state index < -0.39 is 16.2 Å². The van der Waals surface area contributed by atoms with Crippen molar-refractivity contribution in [2.45, 2.75) is 24.2 Å². The Labute approximate surface area is 230 Å². The van der Waals surface area contributed by atoms with Crippen LogP contribution in [0.4, 0.5) is 5.69 Å². The molecule has 1 atom stereocenters. The fourth-order valence-electron chi connectivity index (χ4n) is 4.26. The zero-order valence-electron chi connectivity index (χ0n) is 19.9. The number of methoxy groups -OCH3 is 1. The second-order valence-corrected chi connectivity index (χ2v) is 11.7. The van der Waals surface area contributed by atoms with Crippen molar-refractivity contribution in [3.05, 3.63) is 117 Å². The first-order valence-electron chi connectivity index (χ1n) is 11.5. The fraction of sp³-hybridized carbons (Fsp3) is 0.143. The van der Waals surface area contributed by atoms with Gasteiger partial charge in [-0.2, -0.15) is 4.31 Å². The molecule has 1 aliphatic heterocycles. The summed E-state index contributed by atoms with van der Waals surface area (Å²) in [5, 5.41) is 4.07. The van der Waals surface area contributed by atoms with E-state index >= 15 is 0 Å². The average Bonchev–Trinajstić information content (AvgIpc) is 2.90. The van der Waals surface area contributed by atoms with Crippen molar-refractivity contribution < 1.29 is 17.9 Å². The average molecular weight is 600 g/mol. The molecule has 4 aromatic carbocycles. The molecule has 0 spiro atoms. The van der Waals surface area contributed by atoms with Gasteiger partial charge in [0.2, 0.25) is 10.0 Å². The summed E-state index contributed by atoms with van der Waals surface area (Å²) < 4.78 is 41.4. The van der Waals surface area contributed by atoms with E-state index in [2.05, 4.69) is 21.2 Å². The fourth-order valence-corrected chi connectivity index (χ4v) is 6.64. The summed E-state index contributed by atoms with van der Waals surface area (Å²) in [6.07, 6.45) is -0.671. The predicted octanol–water partition coefficient (Wildman–Crippen LogP) is 7.01. The molecule has 0 bridgehead atoms.